The van der Waals surface area contributed by atoms with Crippen LogP contribution in [0, 0.1) is 0 Å². The lowest BCUT2D eigenvalue weighted by Crippen LogP contribution is -1.97. The molecule has 0 aliphatic carbocycles. The number of rotatable bonds is 3. The van der Waals surface area contributed by atoms with E-state index < -0.39 is 0 Å². The van der Waals surface area contributed by atoms with Gasteiger partial charge >= 0.3 is 0 Å². The van der Waals surface area contributed by atoms with Crippen LogP contribution in [-0.2, 0) is 0 Å². The van der Waals surface area contributed by atoms with Crippen molar-refractivity contribution in [1.82, 2.24) is 0 Å². The molecule has 0 aliphatic heterocycles. The topological polar surface area (TPSA) is 12.4 Å². The summed E-state index contributed by atoms with van der Waals surface area (Å²) in [6.45, 7) is 0. The van der Waals surface area contributed by atoms with E-state index in [4.69, 9.17) is 23.8 Å². The minimum absolute atomic E-state index is 0.106. The van der Waals surface area contributed by atoms with Crippen molar-refractivity contribution < 1.29 is 0 Å². The van der Waals surface area contributed by atoms with Crippen molar-refractivity contribution >= 4 is 29.0 Å². The van der Waals surface area contributed by atoms with Crippen LogP contribution in [0.25, 0.3) is 0 Å². The van der Waals surface area contributed by atoms with Crippen LogP contribution in [0.5, 0.6) is 0 Å². The predicted octanol–water partition coefficient (Wildman–Crippen LogP) is 4.53. The Morgan fingerprint density at radius 3 is 2.12 bits per heavy atom. The zero-order chi connectivity index (χ0) is 12.1. The SMILES string of the molecule is S=C=NC(c1ccccc1)c1ccc(Cl)cc1. The smallest absolute Gasteiger partial charge is 0.110 e. The molecule has 0 amide bonds. The van der Waals surface area contributed by atoms with Crippen LogP contribution >= 0.6 is 23.8 Å². The number of hydrogen-bond acceptors (Lipinski definition) is 2. The Labute approximate surface area is 111 Å². The third-order valence-corrected chi connectivity index (χ3v) is 2.84. The van der Waals surface area contributed by atoms with Crippen LogP contribution < -0.4 is 0 Å². The van der Waals surface area contributed by atoms with Crippen LogP contribution in [0.2, 0.25) is 5.02 Å². The zero-order valence-corrected chi connectivity index (χ0v) is 10.6. The highest BCUT2D eigenvalue weighted by Gasteiger charge is 2.11. The number of hydrogen-bond donors (Lipinski definition) is 0. The lowest BCUT2D eigenvalue weighted by atomic mass is 10.00. The van der Waals surface area contributed by atoms with Gasteiger partial charge in [0.2, 0.25) is 0 Å². The highest BCUT2D eigenvalue weighted by Crippen LogP contribution is 2.26. The molecule has 0 heterocycles. The Kier molecular flexibility index (Phi) is 4.05. The van der Waals surface area contributed by atoms with Crippen molar-refractivity contribution in [3.05, 3.63) is 70.7 Å². The molecule has 0 saturated carbocycles. The van der Waals surface area contributed by atoms with Crippen molar-refractivity contribution in [3.8, 4) is 0 Å². The van der Waals surface area contributed by atoms with E-state index in [1.165, 1.54) is 0 Å². The highest BCUT2D eigenvalue weighted by molar-refractivity contribution is 7.78. The Balaban J connectivity index is 2.42. The minimum Gasteiger partial charge on any atom is -0.219 e. The third-order valence-electron chi connectivity index (χ3n) is 2.48. The number of thiocarbonyl (C=S) groups is 1. The van der Waals surface area contributed by atoms with Crippen LogP contribution in [0.1, 0.15) is 17.2 Å². The molecule has 17 heavy (non-hydrogen) atoms. The Morgan fingerprint density at radius 1 is 0.941 bits per heavy atom. The minimum atomic E-state index is -0.106. The molecule has 0 N–H and O–H groups in total. The molecule has 2 aromatic carbocycles. The van der Waals surface area contributed by atoms with Gasteiger partial charge in [-0.3, -0.25) is 0 Å². The third kappa shape index (κ3) is 3.01. The normalized spacial score (nSPS) is 11.6. The summed E-state index contributed by atoms with van der Waals surface area (Å²) < 4.78 is 0. The molecule has 2 aromatic rings. The molecule has 0 fully saturated rings. The number of halogens is 1. The molecule has 1 atom stereocenters. The number of aliphatic imine (C=N–C) groups is 1. The van der Waals surface area contributed by atoms with Crippen molar-refractivity contribution in [1.29, 1.82) is 0 Å². The van der Waals surface area contributed by atoms with Gasteiger partial charge in [0.25, 0.3) is 0 Å². The molecule has 0 aliphatic rings. The summed E-state index contributed by atoms with van der Waals surface area (Å²) in [7, 11) is 0. The average Bonchev–Trinajstić information content (AvgIpc) is 2.38. The van der Waals surface area contributed by atoms with Gasteiger partial charge in [-0.2, -0.15) is 0 Å². The van der Waals surface area contributed by atoms with Crippen molar-refractivity contribution in [2.75, 3.05) is 0 Å². The molecule has 84 valence electrons. The fraction of sp³-hybridized carbons (Fsp3) is 0.0714. The van der Waals surface area contributed by atoms with Crippen LogP contribution in [0.3, 0.4) is 0 Å². The highest BCUT2D eigenvalue weighted by atomic mass is 35.5. The van der Waals surface area contributed by atoms with Crippen molar-refractivity contribution in [2.24, 2.45) is 4.99 Å². The maximum atomic E-state index is 5.87. The lowest BCUT2D eigenvalue weighted by Gasteiger charge is -2.11. The molecule has 1 unspecified atom stereocenters. The van der Waals surface area contributed by atoms with E-state index in [9.17, 15) is 0 Å². The summed E-state index contributed by atoms with van der Waals surface area (Å²) in [6.07, 6.45) is 0. The van der Waals surface area contributed by atoms with E-state index in [2.05, 4.69) is 10.2 Å². The van der Waals surface area contributed by atoms with Gasteiger partial charge in [-0.15, -0.1) is 0 Å². The Morgan fingerprint density at radius 2 is 1.53 bits per heavy atom. The van der Waals surface area contributed by atoms with Gasteiger partial charge in [0.1, 0.15) is 6.04 Å². The Bertz CT molecular complexity index is 530. The molecule has 0 saturated heterocycles. The summed E-state index contributed by atoms with van der Waals surface area (Å²) >= 11 is 10.6. The molecule has 0 spiro atoms. The van der Waals surface area contributed by atoms with E-state index >= 15 is 0 Å². The molecule has 0 radical (unpaired) electrons. The first-order valence-electron chi connectivity index (χ1n) is 5.18. The summed E-state index contributed by atoms with van der Waals surface area (Å²) in [4.78, 5) is 4.22. The molecule has 0 bridgehead atoms. The fourth-order valence-electron chi connectivity index (χ4n) is 1.67. The zero-order valence-electron chi connectivity index (χ0n) is 9.01. The first kappa shape index (κ1) is 12.0. The number of benzene rings is 2. The predicted molar refractivity (Wildman–Crippen MR) is 74.8 cm³/mol. The van der Waals surface area contributed by atoms with E-state index in [1.807, 2.05) is 54.6 Å². The van der Waals surface area contributed by atoms with Gasteiger partial charge in [-0.25, -0.2) is 4.99 Å². The molecule has 0 aromatic heterocycles. The first-order valence-corrected chi connectivity index (χ1v) is 5.97. The summed E-state index contributed by atoms with van der Waals surface area (Å²) in [5.41, 5.74) is 2.14. The molecular formula is C14H10ClNS. The quantitative estimate of drug-likeness (QED) is 0.583. The summed E-state index contributed by atoms with van der Waals surface area (Å²) in [6, 6.07) is 17.5. The van der Waals surface area contributed by atoms with Gasteiger partial charge in [0.05, 0.1) is 5.16 Å². The van der Waals surface area contributed by atoms with E-state index in [1.54, 1.807) is 0 Å². The van der Waals surface area contributed by atoms with Gasteiger partial charge in [0.15, 0.2) is 0 Å². The number of nitrogens with zero attached hydrogens (tertiary/aromatic N) is 1. The Hall–Kier alpha value is -1.47. The van der Waals surface area contributed by atoms with Crippen LogP contribution in [0.15, 0.2) is 59.6 Å². The van der Waals surface area contributed by atoms with Crippen molar-refractivity contribution in [3.63, 3.8) is 0 Å². The lowest BCUT2D eigenvalue weighted by molar-refractivity contribution is 0.881. The van der Waals surface area contributed by atoms with Gasteiger partial charge in [0, 0.05) is 5.02 Å². The second-order valence-corrected chi connectivity index (χ2v) is 4.20. The molecule has 1 nitrogen and oxygen atoms in total. The van der Waals surface area contributed by atoms with Crippen molar-refractivity contribution in [2.45, 2.75) is 6.04 Å². The maximum Gasteiger partial charge on any atom is 0.110 e. The second-order valence-electron chi connectivity index (χ2n) is 3.59. The average molecular weight is 260 g/mol. The summed E-state index contributed by atoms with van der Waals surface area (Å²) in [5, 5.41) is 3.17. The number of isothiocyanates is 1. The fourth-order valence-corrected chi connectivity index (χ4v) is 1.91. The standard InChI is InChI=1S/C14H10ClNS/c15-13-8-6-12(7-9-13)14(16-10-17)11-4-2-1-3-5-11/h1-9,14H. The van der Waals surface area contributed by atoms with E-state index in [0.29, 0.717) is 5.02 Å². The largest absolute Gasteiger partial charge is 0.219 e. The molecule has 3 heteroatoms. The molecular weight excluding hydrogens is 250 g/mol. The summed E-state index contributed by atoms with van der Waals surface area (Å²) in [5.74, 6) is 0. The van der Waals surface area contributed by atoms with E-state index in [0.717, 1.165) is 11.1 Å². The van der Waals surface area contributed by atoms with Gasteiger partial charge in [-0.1, -0.05) is 54.1 Å². The first-order chi connectivity index (χ1) is 8.31. The molecule has 2 rings (SSSR count). The maximum absolute atomic E-state index is 5.87. The monoisotopic (exact) mass is 259 g/mol. The second kappa shape index (κ2) is 5.74. The van der Waals surface area contributed by atoms with Gasteiger partial charge in [-0.05, 0) is 35.5 Å². The van der Waals surface area contributed by atoms with Crippen LogP contribution in [-0.4, -0.2) is 5.16 Å². The van der Waals surface area contributed by atoms with E-state index in [-0.39, 0.29) is 6.04 Å². The van der Waals surface area contributed by atoms with Gasteiger partial charge < -0.3 is 0 Å². The van der Waals surface area contributed by atoms with Crippen LogP contribution in [0.4, 0.5) is 0 Å².